The van der Waals surface area contributed by atoms with Gasteiger partial charge in [0.15, 0.2) is 0 Å². The predicted octanol–water partition coefficient (Wildman–Crippen LogP) is 3.12. The lowest BCUT2D eigenvalue weighted by Gasteiger charge is -2.29. The highest BCUT2D eigenvalue weighted by Gasteiger charge is 2.36. The lowest BCUT2D eigenvalue weighted by molar-refractivity contribution is 0.0689. The summed E-state index contributed by atoms with van der Waals surface area (Å²) in [5.74, 6) is 1.11. The second kappa shape index (κ2) is 6.83. The molecule has 2 N–H and O–H groups in total. The Morgan fingerprint density at radius 1 is 1.15 bits per heavy atom. The molecule has 2 heterocycles. The first-order chi connectivity index (χ1) is 12.7. The molecule has 1 aromatic heterocycles. The summed E-state index contributed by atoms with van der Waals surface area (Å²) in [7, 11) is 0. The van der Waals surface area contributed by atoms with E-state index in [0.29, 0.717) is 28.9 Å². The maximum Gasteiger partial charge on any atom is 0.254 e. The molecule has 1 atom stereocenters. The molecule has 1 aliphatic heterocycles. The van der Waals surface area contributed by atoms with Crippen molar-refractivity contribution in [2.75, 3.05) is 12.3 Å². The van der Waals surface area contributed by atoms with Gasteiger partial charge in [-0.2, -0.15) is 10.4 Å². The van der Waals surface area contributed by atoms with E-state index in [1.54, 1.807) is 0 Å². The molecule has 0 bridgehead atoms. The molecule has 2 aromatic rings. The van der Waals surface area contributed by atoms with Gasteiger partial charge < -0.3 is 10.6 Å². The highest BCUT2D eigenvalue weighted by Crippen LogP contribution is 2.36. The van der Waals surface area contributed by atoms with Gasteiger partial charge in [0.1, 0.15) is 17.5 Å². The van der Waals surface area contributed by atoms with E-state index in [4.69, 9.17) is 11.0 Å². The monoisotopic (exact) mass is 349 g/mol. The van der Waals surface area contributed by atoms with Crippen molar-refractivity contribution in [2.24, 2.45) is 5.92 Å². The van der Waals surface area contributed by atoms with Crippen molar-refractivity contribution < 1.29 is 4.79 Å². The zero-order valence-electron chi connectivity index (χ0n) is 14.8. The van der Waals surface area contributed by atoms with E-state index in [2.05, 4.69) is 10.00 Å². The number of hydrogen-bond acceptors (Lipinski definition) is 4. The molecule has 1 aliphatic carbocycles. The minimum atomic E-state index is 0.122. The number of hydrogen-bond donors (Lipinski definition) is 1. The number of carbonyl (C=O) groups excluding carboxylic acids is 1. The lowest BCUT2D eigenvalue weighted by Crippen LogP contribution is -2.39. The number of carbonyl (C=O) groups is 1. The van der Waals surface area contributed by atoms with Gasteiger partial charge in [0.05, 0.1) is 11.9 Å². The summed E-state index contributed by atoms with van der Waals surface area (Å²) < 4.78 is 1.52. The van der Waals surface area contributed by atoms with Crippen LogP contribution in [0.3, 0.4) is 0 Å². The second-order valence-corrected chi connectivity index (χ2v) is 7.27. The van der Waals surface area contributed by atoms with Crippen molar-refractivity contribution in [3.05, 3.63) is 41.6 Å². The van der Waals surface area contributed by atoms with Crippen LogP contribution in [0.15, 0.2) is 30.5 Å². The van der Waals surface area contributed by atoms with E-state index in [-0.39, 0.29) is 5.91 Å². The molecule has 1 saturated carbocycles. The van der Waals surface area contributed by atoms with Crippen LogP contribution >= 0.6 is 0 Å². The maximum atomic E-state index is 13.0. The van der Waals surface area contributed by atoms with Crippen LogP contribution in [0, 0.1) is 17.2 Å². The fourth-order valence-corrected chi connectivity index (χ4v) is 4.44. The highest BCUT2D eigenvalue weighted by atomic mass is 16.2. The molecule has 4 rings (SSSR count). The number of nitrogens with zero attached hydrogens (tertiary/aromatic N) is 4. The van der Waals surface area contributed by atoms with E-state index in [1.807, 2.05) is 30.3 Å². The van der Waals surface area contributed by atoms with E-state index >= 15 is 0 Å². The molecular formula is C20H23N5O. The normalized spacial score (nSPS) is 20.4. The molecular weight excluding hydrogens is 326 g/mol. The van der Waals surface area contributed by atoms with Crippen LogP contribution in [0.25, 0.3) is 5.69 Å². The number of anilines is 1. The van der Waals surface area contributed by atoms with Crippen LogP contribution in [0.4, 0.5) is 5.82 Å². The predicted molar refractivity (Wildman–Crippen MR) is 98.7 cm³/mol. The lowest BCUT2D eigenvalue weighted by atomic mass is 9.95. The molecule has 2 aliphatic rings. The van der Waals surface area contributed by atoms with Crippen LogP contribution in [0.1, 0.15) is 54.4 Å². The van der Waals surface area contributed by atoms with Gasteiger partial charge in [-0.15, -0.1) is 0 Å². The Bertz CT molecular complexity index is 842. The van der Waals surface area contributed by atoms with Crippen molar-refractivity contribution in [3.63, 3.8) is 0 Å². The number of aromatic nitrogens is 2. The summed E-state index contributed by atoms with van der Waals surface area (Å²) in [6.07, 6.45) is 8.80. The number of rotatable bonds is 3. The number of likely N-dealkylation sites (tertiary alicyclic amines) is 1. The first kappa shape index (κ1) is 16.6. The third-order valence-corrected chi connectivity index (χ3v) is 5.79. The quantitative estimate of drug-likeness (QED) is 0.922. The van der Waals surface area contributed by atoms with Crippen molar-refractivity contribution in [2.45, 2.75) is 44.6 Å². The van der Waals surface area contributed by atoms with Crippen LogP contribution in [0.5, 0.6) is 0 Å². The molecule has 26 heavy (non-hydrogen) atoms. The summed E-state index contributed by atoms with van der Waals surface area (Å²) >= 11 is 0. The van der Waals surface area contributed by atoms with Gasteiger partial charge in [-0.25, -0.2) is 4.68 Å². The molecule has 1 saturated heterocycles. The number of amides is 1. The Labute approximate surface area is 153 Å². The molecule has 1 aromatic carbocycles. The summed E-state index contributed by atoms with van der Waals surface area (Å²) in [6.45, 7) is 0.861. The molecule has 0 radical (unpaired) electrons. The number of benzene rings is 1. The molecule has 1 unspecified atom stereocenters. The van der Waals surface area contributed by atoms with Gasteiger partial charge in [0.25, 0.3) is 5.91 Å². The minimum absolute atomic E-state index is 0.122. The summed E-state index contributed by atoms with van der Waals surface area (Å²) in [4.78, 5) is 15.1. The van der Waals surface area contributed by atoms with Crippen molar-refractivity contribution >= 4 is 11.7 Å². The van der Waals surface area contributed by atoms with Gasteiger partial charge in [-0.1, -0.05) is 12.8 Å². The fourth-order valence-electron chi connectivity index (χ4n) is 4.44. The number of nitriles is 1. The van der Waals surface area contributed by atoms with E-state index in [0.717, 1.165) is 25.1 Å². The molecule has 134 valence electrons. The molecule has 6 nitrogen and oxygen atoms in total. The Kier molecular flexibility index (Phi) is 4.37. The smallest absolute Gasteiger partial charge is 0.254 e. The Balaban J connectivity index is 1.53. The molecule has 6 heteroatoms. The zero-order chi connectivity index (χ0) is 18.1. The number of nitrogens with two attached hydrogens (primary N) is 1. The van der Waals surface area contributed by atoms with Crippen molar-refractivity contribution in [1.82, 2.24) is 14.7 Å². The van der Waals surface area contributed by atoms with Crippen LogP contribution in [0.2, 0.25) is 0 Å². The van der Waals surface area contributed by atoms with Gasteiger partial charge in [0.2, 0.25) is 0 Å². The van der Waals surface area contributed by atoms with Crippen LogP contribution in [-0.2, 0) is 0 Å². The third-order valence-electron chi connectivity index (χ3n) is 5.79. The first-order valence-electron chi connectivity index (χ1n) is 9.34. The zero-order valence-corrected chi connectivity index (χ0v) is 14.8. The van der Waals surface area contributed by atoms with Gasteiger partial charge in [-0.05, 0) is 55.9 Å². The average Bonchev–Trinajstić information content (AvgIpc) is 3.41. The standard InChI is InChI=1S/C20H23N5O/c21-12-16-13-23-25(19(16)22)17-9-7-15(8-10-17)20(26)24-11-3-6-18(24)14-4-1-2-5-14/h7-10,13-14,18H,1-6,11,22H2. The Morgan fingerprint density at radius 3 is 2.54 bits per heavy atom. The largest absolute Gasteiger partial charge is 0.382 e. The topological polar surface area (TPSA) is 87.9 Å². The summed E-state index contributed by atoms with van der Waals surface area (Å²) in [5, 5.41) is 13.1. The van der Waals surface area contributed by atoms with Gasteiger partial charge >= 0.3 is 0 Å². The van der Waals surface area contributed by atoms with Crippen molar-refractivity contribution in [1.29, 1.82) is 5.26 Å². The fraction of sp³-hybridized carbons (Fsp3) is 0.450. The van der Waals surface area contributed by atoms with E-state index in [1.165, 1.54) is 36.6 Å². The average molecular weight is 349 g/mol. The van der Waals surface area contributed by atoms with Gasteiger partial charge in [-0.3, -0.25) is 4.79 Å². The van der Waals surface area contributed by atoms with E-state index in [9.17, 15) is 4.79 Å². The third kappa shape index (κ3) is 2.84. The Morgan fingerprint density at radius 2 is 1.88 bits per heavy atom. The summed E-state index contributed by atoms with van der Waals surface area (Å²) in [5.41, 5.74) is 7.73. The number of nitrogen functional groups attached to an aromatic ring is 1. The molecule has 2 fully saturated rings. The second-order valence-electron chi connectivity index (χ2n) is 7.27. The van der Waals surface area contributed by atoms with E-state index < -0.39 is 0 Å². The Hall–Kier alpha value is -2.81. The minimum Gasteiger partial charge on any atom is -0.382 e. The summed E-state index contributed by atoms with van der Waals surface area (Å²) in [6, 6.07) is 9.74. The maximum absolute atomic E-state index is 13.0. The van der Waals surface area contributed by atoms with Crippen LogP contribution < -0.4 is 5.73 Å². The molecule has 1 amide bonds. The molecule has 0 spiro atoms. The van der Waals surface area contributed by atoms with Gasteiger partial charge in [0, 0.05) is 18.2 Å². The SMILES string of the molecule is N#Cc1cnn(-c2ccc(C(=O)N3CCCC3C3CCCC3)cc2)c1N. The van der Waals surface area contributed by atoms with Crippen molar-refractivity contribution in [3.8, 4) is 11.8 Å². The first-order valence-corrected chi connectivity index (χ1v) is 9.34. The highest BCUT2D eigenvalue weighted by molar-refractivity contribution is 5.94. The van der Waals surface area contributed by atoms with Crippen LogP contribution in [-0.4, -0.2) is 33.2 Å².